The van der Waals surface area contributed by atoms with E-state index >= 15 is 0 Å². The zero-order chi connectivity index (χ0) is 12.0. The fourth-order valence-corrected chi connectivity index (χ4v) is 1.64. The molecule has 0 radical (unpaired) electrons. The van der Waals surface area contributed by atoms with Crippen LogP contribution in [0.25, 0.3) is 0 Å². The van der Waals surface area contributed by atoms with Gasteiger partial charge in [-0.15, -0.1) is 0 Å². The average Bonchev–Trinajstić information content (AvgIpc) is 2.28. The molecule has 16 heavy (non-hydrogen) atoms. The van der Waals surface area contributed by atoms with Crippen molar-refractivity contribution < 1.29 is 9.84 Å². The first-order valence-corrected chi connectivity index (χ1v) is 5.65. The number of hydrogen-bond acceptors (Lipinski definition) is 3. The van der Waals surface area contributed by atoms with Crippen LogP contribution in [0.4, 0.5) is 0 Å². The SMILES string of the molecule is CCC(O)CN(C)Cc1cccc(OC)c1. The number of methoxy groups -OCH3 is 1. The Labute approximate surface area is 97.7 Å². The summed E-state index contributed by atoms with van der Waals surface area (Å²) in [6, 6.07) is 8.01. The standard InChI is InChI=1S/C13H21NO2/c1-4-12(15)10-14(2)9-11-6-5-7-13(8-11)16-3/h5-8,12,15H,4,9-10H2,1-3H3. The van der Waals surface area contributed by atoms with Crippen molar-refractivity contribution in [3.63, 3.8) is 0 Å². The third kappa shape index (κ3) is 4.21. The first-order valence-electron chi connectivity index (χ1n) is 5.65. The van der Waals surface area contributed by atoms with E-state index in [1.807, 2.05) is 32.2 Å². The Kier molecular flexibility index (Phi) is 5.29. The van der Waals surface area contributed by atoms with Crippen LogP contribution in [0.1, 0.15) is 18.9 Å². The molecular weight excluding hydrogens is 202 g/mol. The van der Waals surface area contributed by atoms with E-state index in [9.17, 15) is 5.11 Å². The Morgan fingerprint density at radius 1 is 1.44 bits per heavy atom. The normalized spacial score (nSPS) is 12.8. The van der Waals surface area contributed by atoms with Crippen molar-refractivity contribution in [3.8, 4) is 5.75 Å². The molecule has 0 bridgehead atoms. The smallest absolute Gasteiger partial charge is 0.119 e. The van der Waals surface area contributed by atoms with Crippen LogP contribution in [0.5, 0.6) is 5.75 Å². The minimum Gasteiger partial charge on any atom is -0.497 e. The van der Waals surface area contributed by atoms with Crippen LogP contribution in [0.3, 0.4) is 0 Å². The molecule has 1 aromatic carbocycles. The van der Waals surface area contributed by atoms with Crippen molar-refractivity contribution in [1.82, 2.24) is 4.90 Å². The number of aliphatic hydroxyl groups is 1. The second-order valence-electron chi connectivity index (χ2n) is 4.11. The number of rotatable bonds is 6. The molecule has 0 aliphatic heterocycles. The highest BCUT2D eigenvalue weighted by atomic mass is 16.5. The monoisotopic (exact) mass is 223 g/mol. The van der Waals surface area contributed by atoms with Gasteiger partial charge >= 0.3 is 0 Å². The minimum absolute atomic E-state index is 0.240. The summed E-state index contributed by atoms with van der Waals surface area (Å²) in [6.45, 7) is 3.52. The van der Waals surface area contributed by atoms with E-state index in [1.54, 1.807) is 7.11 Å². The number of ether oxygens (including phenoxy) is 1. The van der Waals surface area contributed by atoms with Crippen molar-refractivity contribution in [2.75, 3.05) is 20.7 Å². The van der Waals surface area contributed by atoms with Crippen molar-refractivity contribution in [3.05, 3.63) is 29.8 Å². The summed E-state index contributed by atoms with van der Waals surface area (Å²) in [7, 11) is 3.68. The summed E-state index contributed by atoms with van der Waals surface area (Å²) in [6.07, 6.45) is 0.554. The summed E-state index contributed by atoms with van der Waals surface area (Å²) < 4.78 is 5.17. The molecule has 3 nitrogen and oxygen atoms in total. The summed E-state index contributed by atoms with van der Waals surface area (Å²) in [5.74, 6) is 0.877. The van der Waals surface area contributed by atoms with E-state index < -0.39 is 0 Å². The lowest BCUT2D eigenvalue weighted by molar-refractivity contribution is 0.119. The molecule has 1 rings (SSSR count). The third-order valence-electron chi connectivity index (χ3n) is 2.58. The Morgan fingerprint density at radius 2 is 2.19 bits per heavy atom. The summed E-state index contributed by atoms with van der Waals surface area (Å²) in [4.78, 5) is 2.11. The molecule has 1 unspecified atom stereocenters. The Bertz CT molecular complexity index is 315. The molecule has 1 aromatic rings. The predicted molar refractivity (Wildman–Crippen MR) is 65.6 cm³/mol. The summed E-state index contributed by atoms with van der Waals surface area (Å²) in [5, 5.41) is 9.54. The molecule has 1 atom stereocenters. The first kappa shape index (κ1) is 13.0. The topological polar surface area (TPSA) is 32.7 Å². The zero-order valence-electron chi connectivity index (χ0n) is 10.3. The zero-order valence-corrected chi connectivity index (χ0v) is 10.3. The van der Waals surface area contributed by atoms with E-state index in [0.29, 0.717) is 6.54 Å². The first-order chi connectivity index (χ1) is 7.65. The molecule has 0 aliphatic carbocycles. The Morgan fingerprint density at radius 3 is 2.81 bits per heavy atom. The fraction of sp³-hybridized carbons (Fsp3) is 0.538. The van der Waals surface area contributed by atoms with Gasteiger partial charge in [0.2, 0.25) is 0 Å². The average molecular weight is 223 g/mol. The summed E-state index contributed by atoms with van der Waals surface area (Å²) in [5.41, 5.74) is 1.20. The van der Waals surface area contributed by atoms with Gasteiger partial charge in [-0.25, -0.2) is 0 Å². The quantitative estimate of drug-likeness (QED) is 0.799. The highest BCUT2D eigenvalue weighted by molar-refractivity contribution is 5.28. The van der Waals surface area contributed by atoms with E-state index in [2.05, 4.69) is 11.0 Å². The number of benzene rings is 1. The van der Waals surface area contributed by atoms with Gasteiger partial charge in [0.15, 0.2) is 0 Å². The van der Waals surface area contributed by atoms with Crippen LogP contribution in [-0.4, -0.2) is 36.8 Å². The number of likely N-dealkylation sites (N-methyl/N-ethyl adjacent to an activating group) is 1. The van der Waals surface area contributed by atoms with Gasteiger partial charge in [0.25, 0.3) is 0 Å². The molecule has 0 heterocycles. The molecular formula is C13H21NO2. The highest BCUT2D eigenvalue weighted by Gasteiger charge is 2.06. The molecule has 3 heteroatoms. The molecule has 0 saturated carbocycles. The lowest BCUT2D eigenvalue weighted by Gasteiger charge is -2.19. The van der Waals surface area contributed by atoms with Crippen molar-refractivity contribution >= 4 is 0 Å². The highest BCUT2D eigenvalue weighted by Crippen LogP contribution is 2.13. The fourth-order valence-electron chi connectivity index (χ4n) is 1.64. The molecule has 0 saturated heterocycles. The third-order valence-corrected chi connectivity index (χ3v) is 2.58. The van der Waals surface area contributed by atoms with Crippen molar-refractivity contribution in [2.24, 2.45) is 0 Å². The van der Waals surface area contributed by atoms with Gasteiger partial charge in [-0.2, -0.15) is 0 Å². The van der Waals surface area contributed by atoms with E-state index in [4.69, 9.17) is 4.74 Å². The number of hydrogen-bond donors (Lipinski definition) is 1. The second kappa shape index (κ2) is 6.51. The van der Waals surface area contributed by atoms with Gasteiger partial charge in [-0.1, -0.05) is 19.1 Å². The maximum Gasteiger partial charge on any atom is 0.119 e. The molecule has 0 amide bonds. The Hall–Kier alpha value is -1.06. The van der Waals surface area contributed by atoms with Crippen LogP contribution < -0.4 is 4.74 Å². The largest absolute Gasteiger partial charge is 0.497 e. The van der Waals surface area contributed by atoms with Gasteiger partial charge in [0.05, 0.1) is 13.2 Å². The van der Waals surface area contributed by atoms with E-state index in [1.165, 1.54) is 5.56 Å². The lowest BCUT2D eigenvalue weighted by Crippen LogP contribution is -2.28. The number of aliphatic hydroxyl groups excluding tert-OH is 1. The van der Waals surface area contributed by atoms with Gasteiger partial charge in [0, 0.05) is 13.1 Å². The molecule has 90 valence electrons. The minimum atomic E-state index is -0.240. The number of nitrogens with zero attached hydrogens (tertiary/aromatic N) is 1. The van der Waals surface area contributed by atoms with Crippen molar-refractivity contribution in [1.29, 1.82) is 0 Å². The van der Waals surface area contributed by atoms with Crippen LogP contribution in [0.2, 0.25) is 0 Å². The molecule has 0 aromatic heterocycles. The van der Waals surface area contributed by atoms with Crippen LogP contribution in [-0.2, 0) is 6.54 Å². The maximum absolute atomic E-state index is 9.54. The van der Waals surface area contributed by atoms with E-state index in [-0.39, 0.29) is 6.10 Å². The molecule has 0 fully saturated rings. The molecule has 0 aliphatic rings. The summed E-state index contributed by atoms with van der Waals surface area (Å²) >= 11 is 0. The van der Waals surface area contributed by atoms with Gasteiger partial charge < -0.3 is 9.84 Å². The van der Waals surface area contributed by atoms with Gasteiger partial charge in [-0.3, -0.25) is 4.90 Å². The predicted octanol–water partition coefficient (Wildman–Crippen LogP) is 1.90. The van der Waals surface area contributed by atoms with Crippen LogP contribution in [0, 0.1) is 0 Å². The van der Waals surface area contributed by atoms with Crippen LogP contribution >= 0.6 is 0 Å². The molecule has 1 N–H and O–H groups in total. The van der Waals surface area contributed by atoms with Crippen molar-refractivity contribution in [2.45, 2.75) is 26.0 Å². The Balaban J connectivity index is 2.51. The second-order valence-corrected chi connectivity index (χ2v) is 4.11. The van der Waals surface area contributed by atoms with Gasteiger partial charge in [-0.05, 0) is 31.2 Å². The van der Waals surface area contributed by atoms with Gasteiger partial charge in [0.1, 0.15) is 5.75 Å². The van der Waals surface area contributed by atoms with E-state index in [0.717, 1.165) is 18.7 Å². The maximum atomic E-state index is 9.54. The van der Waals surface area contributed by atoms with Crippen LogP contribution in [0.15, 0.2) is 24.3 Å². The molecule has 0 spiro atoms. The lowest BCUT2D eigenvalue weighted by atomic mass is 10.2.